The fourth-order valence-corrected chi connectivity index (χ4v) is 4.91. The van der Waals surface area contributed by atoms with Crippen LogP contribution in [0, 0.1) is 5.82 Å². The Bertz CT molecular complexity index is 1370. The molecule has 1 atom stereocenters. The summed E-state index contributed by atoms with van der Waals surface area (Å²) in [5.74, 6) is -1.46. The lowest BCUT2D eigenvalue weighted by Gasteiger charge is -2.34. The first-order valence-corrected chi connectivity index (χ1v) is 13.6. The molecule has 0 radical (unpaired) electrons. The van der Waals surface area contributed by atoms with E-state index in [-0.39, 0.29) is 12.0 Å². The molecular weight excluding hydrogens is 501 g/mol. The van der Waals surface area contributed by atoms with E-state index in [9.17, 15) is 14.0 Å². The molecule has 4 aromatic rings. The minimum absolute atomic E-state index is 0.0568. The lowest BCUT2D eigenvalue weighted by molar-refractivity contribution is -0.147. The molecule has 0 aliphatic carbocycles. The fourth-order valence-electron chi connectivity index (χ4n) is 4.91. The topological polar surface area (TPSA) is 55.4 Å². The van der Waals surface area contributed by atoms with Gasteiger partial charge in [-0.1, -0.05) is 113 Å². The Morgan fingerprint density at radius 1 is 0.750 bits per heavy atom. The van der Waals surface area contributed by atoms with Gasteiger partial charge in [-0.25, -0.2) is 9.18 Å². The lowest BCUT2D eigenvalue weighted by Crippen LogP contribution is -2.39. The van der Waals surface area contributed by atoms with Gasteiger partial charge in [0.2, 0.25) is 0 Å². The standard InChI is InChI=1S/C35H36FNO3/c1-5-35(28-12-8-6-9-13-28,29-14-10-7-11-15-29)24-40-33(39)31(25-18-22-30(36)23-19-25)37-32(38)26-16-20-27(21-17-26)34(2,3)4/h6-23,31H,5,24H2,1-4H3,(H,37,38)/t31-/m1/s1. The molecule has 0 heterocycles. The molecule has 0 aromatic heterocycles. The molecule has 4 rings (SSSR count). The van der Waals surface area contributed by atoms with Crippen LogP contribution in [0.4, 0.5) is 4.39 Å². The van der Waals surface area contributed by atoms with Crippen molar-refractivity contribution in [3.63, 3.8) is 0 Å². The zero-order valence-corrected chi connectivity index (χ0v) is 23.5. The van der Waals surface area contributed by atoms with Gasteiger partial charge in [0.05, 0.1) is 5.41 Å². The second-order valence-electron chi connectivity index (χ2n) is 11.1. The first-order chi connectivity index (χ1) is 19.1. The van der Waals surface area contributed by atoms with Crippen LogP contribution in [0.1, 0.15) is 72.8 Å². The number of esters is 1. The summed E-state index contributed by atoms with van der Waals surface area (Å²) in [5, 5.41) is 2.82. The summed E-state index contributed by atoms with van der Waals surface area (Å²) >= 11 is 0. The normalized spacial score (nSPS) is 12.4. The predicted molar refractivity (Wildman–Crippen MR) is 157 cm³/mol. The van der Waals surface area contributed by atoms with Crippen molar-refractivity contribution < 1.29 is 18.7 Å². The van der Waals surface area contributed by atoms with Crippen molar-refractivity contribution in [1.82, 2.24) is 5.32 Å². The van der Waals surface area contributed by atoms with Crippen LogP contribution in [-0.4, -0.2) is 18.5 Å². The fraction of sp³-hybridized carbons (Fsp3) is 0.257. The van der Waals surface area contributed by atoms with Crippen molar-refractivity contribution in [2.45, 2.75) is 51.0 Å². The minimum Gasteiger partial charge on any atom is -0.463 e. The molecule has 1 amide bonds. The summed E-state index contributed by atoms with van der Waals surface area (Å²) in [7, 11) is 0. The molecule has 0 spiro atoms. The van der Waals surface area contributed by atoms with E-state index in [4.69, 9.17) is 4.74 Å². The number of ether oxygens (including phenoxy) is 1. The monoisotopic (exact) mass is 537 g/mol. The molecule has 40 heavy (non-hydrogen) atoms. The molecule has 0 unspecified atom stereocenters. The van der Waals surface area contributed by atoms with E-state index in [1.807, 2.05) is 72.8 Å². The maximum absolute atomic E-state index is 13.7. The highest BCUT2D eigenvalue weighted by Crippen LogP contribution is 2.36. The zero-order chi connectivity index (χ0) is 28.8. The van der Waals surface area contributed by atoms with Gasteiger partial charge in [0.1, 0.15) is 12.4 Å². The van der Waals surface area contributed by atoms with Gasteiger partial charge < -0.3 is 10.1 Å². The lowest BCUT2D eigenvalue weighted by atomic mass is 9.73. The van der Waals surface area contributed by atoms with Gasteiger partial charge in [-0.05, 0) is 58.4 Å². The highest BCUT2D eigenvalue weighted by Gasteiger charge is 2.36. The van der Waals surface area contributed by atoms with Crippen LogP contribution in [0.25, 0.3) is 0 Å². The molecule has 4 aromatic carbocycles. The van der Waals surface area contributed by atoms with Gasteiger partial charge in [0.25, 0.3) is 5.91 Å². The number of carbonyl (C=O) groups excluding carboxylic acids is 2. The second-order valence-corrected chi connectivity index (χ2v) is 11.1. The second kappa shape index (κ2) is 12.3. The third-order valence-corrected chi connectivity index (χ3v) is 7.44. The molecule has 0 saturated heterocycles. The molecule has 4 nitrogen and oxygen atoms in total. The van der Waals surface area contributed by atoms with Gasteiger partial charge in [0.15, 0.2) is 6.04 Å². The number of hydrogen-bond acceptors (Lipinski definition) is 3. The maximum atomic E-state index is 13.7. The zero-order valence-electron chi connectivity index (χ0n) is 23.5. The molecular formula is C35H36FNO3. The van der Waals surface area contributed by atoms with E-state index < -0.39 is 29.2 Å². The summed E-state index contributed by atoms with van der Waals surface area (Å²) in [4.78, 5) is 26.9. The third kappa shape index (κ3) is 6.48. The number of halogens is 1. The highest BCUT2D eigenvalue weighted by atomic mass is 19.1. The molecule has 0 aliphatic heterocycles. The van der Waals surface area contributed by atoms with Crippen molar-refractivity contribution in [1.29, 1.82) is 0 Å². The van der Waals surface area contributed by atoms with Crippen molar-refractivity contribution in [3.05, 3.63) is 143 Å². The van der Waals surface area contributed by atoms with Gasteiger partial charge in [-0.15, -0.1) is 0 Å². The van der Waals surface area contributed by atoms with Crippen molar-refractivity contribution >= 4 is 11.9 Å². The number of amides is 1. The molecule has 0 fully saturated rings. The summed E-state index contributed by atoms with van der Waals surface area (Å²) < 4.78 is 19.7. The van der Waals surface area contributed by atoms with Crippen LogP contribution in [-0.2, 0) is 20.4 Å². The van der Waals surface area contributed by atoms with E-state index in [2.05, 4.69) is 33.0 Å². The van der Waals surface area contributed by atoms with E-state index in [1.54, 1.807) is 12.1 Å². The number of hydrogen-bond donors (Lipinski definition) is 1. The van der Waals surface area contributed by atoms with Gasteiger partial charge in [-0.3, -0.25) is 4.79 Å². The third-order valence-electron chi connectivity index (χ3n) is 7.44. The van der Waals surface area contributed by atoms with Crippen LogP contribution in [0.2, 0.25) is 0 Å². The molecule has 1 N–H and O–H groups in total. The van der Waals surface area contributed by atoms with E-state index in [1.165, 1.54) is 24.3 Å². The molecule has 0 bridgehead atoms. The van der Waals surface area contributed by atoms with Gasteiger partial charge in [0, 0.05) is 5.56 Å². The molecule has 0 aliphatic rings. The number of benzene rings is 4. The summed E-state index contributed by atoms with van der Waals surface area (Å²) in [5.41, 5.74) is 3.36. The van der Waals surface area contributed by atoms with Crippen LogP contribution in [0.3, 0.4) is 0 Å². The average molecular weight is 538 g/mol. The van der Waals surface area contributed by atoms with E-state index in [0.29, 0.717) is 17.5 Å². The minimum atomic E-state index is -1.11. The van der Waals surface area contributed by atoms with E-state index >= 15 is 0 Å². The van der Waals surface area contributed by atoms with E-state index in [0.717, 1.165) is 16.7 Å². The van der Waals surface area contributed by atoms with Crippen molar-refractivity contribution in [2.75, 3.05) is 6.61 Å². The van der Waals surface area contributed by atoms with Crippen LogP contribution in [0.5, 0.6) is 0 Å². The molecule has 206 valence electrons. The Morgan fingerprint density at radius 2 is 1.27 bits per heavy atom. The number of rotatable bonds is 9. The smallest absolute Gasteiger partial charge is 0.333 e. The Kier molecular flexibility index (Phi) is 8.83. The highest BCUT2D eigenvalue weighted by molar-refractivity contribution is 5.97. The first-order valence-electron chi connectivity index (χ1n) is 13.6. The summed E-state index contributed by atoms with van der Waals surface area (Å²) in [6, 6.07) is 31.6. The Morgan fingerprint density at radius 3 is 1.75 bits per heavy atom. The van der Waals surface area contributed by atoms with Crippen LogP contribution in [0.15, 0.2) is 109 Å². The average Bonchev–Trinajstić information content (AvgIpc) is 2.97. The van der Waals surface area contributed by atoms with Crippen molar-refractivity contribution in [3.8, 4) is 0 Å². The molecule has 0 saturated carbocycles. The summed E-state index contributed by atoms with van der Waals surface area (Å²) in [6.07, 6.45) is 0.683. The Balaban J connectivity index is 1.62. The largest absolute Gasteiger partial charge is 0.463 e. The van der Waals surface area contributed by atoms with Gasteiger partial charge in [-0.2, -0.15) is 0 Å². The van der Waals surface area contributed by atoms with Crippen LogP contribution >= 0.6 is 0 Å². The predicted octanol–water partition coefficient (Wildman–Crippen LogP) is 7.53. The van der Waals surface area contributed by atoms with Crippen molar-refractivity contribution in [2.24, 2.45) is 0 Å². The van der Waals surface area contributed by atoms with Gasteiger partial charge >= 0.3 is 5.97 Å². The maximum Gasteiger partial charge on any atom is 0.333 e. The number of nitrogens with one attached hydrogen (secondary N) is 1. The summed E-state index contributed by atoms with van der Waals surface area (Å²) in [6.45, 7) is 8.44. The SMILES string of the molecule is CCC(COC(=O)[C@H](NC(=O)c1ccc(C(C)(C)C)cc1)c1ccc(F)cc1)(c1ccccc1)c1ccccc1. The number of carbonyl (C=O) groups is 2. The molecule has 5 heteroatoms. The Hall–Kier alpha value is -4.25. The van der Waals surface area contributed by atoms with Crippen LogP contribution < -0.4 is 5.32 Å². The Labute approximate surface area is 236 Å². The first kappa shape index (κ1) is 28.8. The quantitative estimate of drug-likeness (QED) is 0.225.